The molecule has 7 heteroatoms. The molecular formula is C15H16BrN5O. The van der Waals surface area contributed by atoms with Crippen LogP contribution in [0.15, 0.2) is 46.2 Å². The number of nitrogens with zero attached hydrogens (tertiary/aromatic N) is 4. The monoisotopic (exact) mass is 361 g/mol. The molecule has 0 radical (unpaired) electrons. The lowest BCUT2D eigenvalue weighted by Gasteiger charge is -2.27. The number of morpholine rings is 1. The summed E-state index contributed by atoms with van der Waals surface area (Å²) < 4.78 is 6.39. The number of halogens is 1. The molecule has 3 rings (SSSR count). The van der Waals surface area contributed by atoms with Gasteiger partial charge in [0.05, 0.1) is 19.4 Å². The number of rotatable bonds is 4. The molecule has 1 aromatic heterocycles. The summed E-state index contributed by atoms with van der Waals surface area (Å²) in [5, 5.41) is 4.20. The Kier molecular flexibility index (Phi) is 4.97. The highest BCUT2D eigenvalue weighted by Gasteiger charge is 2.12. The van der Waals surface area contributed by atoms with E-state index in [9.17, 15) is 0 Å². The van der Waals surface area contributed by atoms with Gasteiger partial charge in [-0.05, 0) is 17.7 Å². The zero-order chi connectivity index (χ0) is 15.2. The average Bonchev–Trinajstić information content (AvgIpc) is 2.58. The topological polar surface area (TPSA) is 62.6 Å². The van der Waals surface area contributed by atoms with E-state index in [2.05, 4.69) is 41.3 Å². The van der Waals surface area contributed by atoms with Crippen LogP contribution in [-0.2, 0) is 4.74 Å². The third-order valence-corrected chi connectivity index (χ3v) is 3.78. The first-order valence-corrected chi connectivity index (χ1v) is 7.80. The molecule has 0 amide bonds. The van der Waals surface area contributed by atoms with Crippen LogP contribution in [0.3, 0.4) is 0 Å². The summed E-state index contributed by atoms with van der Waals surface area (Å²) in [6.07, 6.45) is 3.30. The third-order valence-electron chi connectivity index (χ3n) is 3.25. The molecule has 1 aliphatic rings. The highest BCUT2D eigenvalue weighted by molar-refractivity contribution is 9.10. The Morgan fingerprint density at radius 3 is 2.73 bits per heavy atom. The van der Waals surface area contributed by atoms with E-state index in [1.807, 2.05) is 30.3 Å². The maximum atomic E-state index is 5.35. The maximum Gasteiger partial charge on any atom is 0.151 e. The summed E-state index contributed by atoms with van der Waals surface area (Å²) >= 11 is 3.41. The Labute approximate surface area is 137 Å². The van der Waals surface area contributed by atoms with Crippen LogP contribution in [0.1, 0.15) is 5.56 Å². The van der Waals surface area contributed by atoms with Crippen molar-refractivity contribution in [3.8, 4) is 0 Å². The Bertz CT molecular complexity index is 641. The molecule has 1 N–H and O–H groups in total. The van der Waals surface area contributed by atoms with Crippen molar-refractivity contribution in [2.45, 2.75) is 0 Å². The van der Waals surface area contributed by atoms with E-state index in [1.165, 1.54) is 0 Å². The molecule has 0 spiro atoms. The number of aromatic nitrogens is 2. The van der Waals surface area contributed by atoms with Crippen molar-refractivity contribution in [2.24, 2.45) is 5.10 Å². The van der Waals surface area contributed by atoms with Crippen molar-refractivity contribution in [3.05, 3.63) is 46.7 Å². The first-order valence-electron chi connectivity index (χ1n) is 7.01. The molecule has 2 aromatic rings. The smallest absolute Gasteiger partial charge is 0.151 e. The van der Waals surface area contributed by atoms with Crippen LogP contribution in [0.4, 0.5) is 11.6 Å². The molecule has 1 aliphatic heterocycles. The van der Waals surface area contributed by atoms with Gasteiger partial charge >= 0.3 is 0 Å². The second kappa shape index (κ2) is 7.33. The fourth-order valence-electron chi connectivity index (χ4n) is 2.10. The molecule has 1 fully saturated rings. The molecule has 6 nitrogen and oxygen atoms in total. The maximum absolute atomic E-state index is 5.35. The number of ether oxygens (including phenoxy) is 1. The molecule has 114 valence electrons. The number of hydrazone groups is 1. The summed E-state index contributed by atoms with van der Waals surface area (Å²) in [5.41, 5.74) is 3.95. The summed E-state index contributed by atoms with van der Waals surface area (Å²) in [7, 11) is 0. The van der Waals surface area contributed by atoms with Gasteiger partial charge in [0, 0.05) is 23.6 Å². The number of nitrogens with one attached hydrogen (secondary N) is 1. The first kappa shape index (κ1) is 14.9. The summed E-state index contributed by atoms with van der Waals surface area (Å²) in [6, 6.07) is 9.80. The van der Waals surface area contributed by atoms with E-state index in [-0.39, 0.29) is 0 Å². The highest BCUT2D eigenvalue weighted by atomic mass is 79.9. The zero-order valence-corrected chi connectivity index (χ0v) is 13.5. The number of hydrogen-bond donors (Lipinski definition) is 1. The van der Waals surface area contributed by atoms with Crippen molar-refractivity contribution in [1.82, 2.24) is 9.97 Å². The summed E-state index contributed by atoms with van der Waals surface area (Å²) in [4.78, 5) is 10.7. The van der Waals surface area contributed by atoms with E-state index in [1.54, 1.807) is 12.5 Å². The molecule has 0 aliphatic carbocycles. The van der Waals surface area contributed by atoms with E-state index in [4.69, 9.17) is 4.74 Å². The molecule has 1 aromatic carbocycles. The third kappa shape index (κ3) is 4.02. The van der Waals surface area contributed by atoms with Gasteiger partial charge in [-0.25, -0.2) is 9.97 Å². The minimum atomic E-state index is 0.671. The molecule has 2 heterocycles. The fourth-order valence-corrected chi connectivity index (χ4v) is 2.36. The van der Waals surface area contributed by atoms with Gasteiger partial charge < -0.3 is 9.64 Å². The van der Waals surface area contributed by atoms with Gasteiger partial charge in [0.2, 0.25) is 0 Å². The molecule has 0 unspecified atom stereocenters. The summed E-state index contributed by atoms with van der Waals surface area (Å²) in [6.45, 7) is 3.15. The number of hydrogen-bond acceptors (Lipinski definition) is 6. The minimum Gasteiger partial charge on any atom is -0.378 e. The second-order valence-corrected chi connectivity index (χ2v) is 5.70. The van der Waals surface area contributed by atoms with E-state index in [0.717, 1.165) is 42.2 Å². The van der Waals surface area contributed by atoms with Gasteiger partial charge in [-0.15, -0.1) is 0 Å². The van der Waals surface area contributed by atoms with Gasteiger partial charge in [0.1, 0.15) is 12.1 Å². The lowest BCUT2D eigenvalue weighted by molar-refractivity contribution is 0.122. The van der Waals surface area contributed by atoms with Crippen LogP contribution in [-0.4, -0.2) is 42.5 Å². The van der Waals surface area contributed by atoms with Crippen molar-refractivity contribution < 1.29 is 4.74 Å². The SMILES string of the molecule is Brc1ccc(C=NNc2cc(N3CCOCC3)ncn2)cc1. The largest absolute Gasteiger partial charge is 0.378 e. The Morgan fingerprint density at radius 2 is 1.95 bits per heavy atom. The van der Waals surface area contributed by atoms with Crippen LogP contribution < -0.4 is 10.3 Å². The lowest BCUT2D eigenvalue weighted by Crippen LogP contribution is -2.36. The van der Waals surface area contributed by atoms with E-state index >= 15 is 0 Å². The Balaban J connectivity index is 1.63. The van der Waals surface area contributed by atoms with Crippen LogP contribution >= 0.6 is 15.9 Å². The first-order chi connectivity index (χ1) is 10.8. The van der Waals surface area contributed by atoms with Gasteiger partial charge in [0.25, 0.3) is 0 Å². The Morgan fingerprint density at radius 1 is 1.18 bits per heavy atom. The zero-order valence-electron chi connectivity index (χ0n) is 11.9. The van der Waals surface area contributed by atoms with Crippen molar-refractivity contribution in [2.75, 3.05) is 36.6 Å². The predicted molar refractivity (Wildman–Crippen MR) is 90.4 cm³/mol. The van der Waals surface area contributed by atoms with Crippen LogP contribution in [0.5, 0.6) is 0 Å². The van der Waals surface area contributed by atoms with E-state index in [0.29, 0.717) is 5.82 Å². The van der Waals surface area contributed by atoms with Crippen LogP contribution in [0.2, 0.25) is 0 Å². The summed E-state index contributed by atoms with van der Waals surface area (Å²) in [5.74, 6) is 1.56. The van der Waals surface area contributed by atoms with Crippen molar-refractivity contribution >= 4 is 33.8 Å². The van der Waals surface area contributed by atoms with E-state index < -0.39 is 0 Å². The molecule has 0 saturated carbocycles. The number of anilines is 2. The Hall–Kier alpha value is -1.99. The molecule has 0 bridgehead atoms. The lowest BCUT2D eigenvalue weighted by atomic mass is 10.2. The average molecular weight is 362 g/mol. The second-order valence-electron chi connectivity index (χ2n) is 4.78. The van der Waals surface area contributed by atoms with Gasteiger partial charge in [-0.2, -0.15) is 5.10 Å². The van der Waals surface area contributed by atoms with Gasteiger partial charge in [-0.3, -0.25) is 5.43 Å². The van der Waals surface area contributed by atoms with Crippen molar-refractivity contribution in [1.29, 1.82) is 0 Å². The standard InChI is InChI=1S/C15H16BrN5O/c16-13-3-1-12(2-4-13)10-19-20-14-9-15(18-11-17-14)21-5-7-22-8-6-21/h1-4,9-11H,5-8H2,(H,17,18,20). The van der Waals surface area contributed by atoms with Gasteiger partial charge in [0.15, 0.2) is 5.82 Å². The fraction of sp³-hybridized carbons (Fsp3) is 0.267. The number of benzene rings is 1. The normalized spacial score (nSPS) is 15.2. The molecule has 0 atom stereocenters. The quantitative estimate of drug-likeness (QED) is 0.669. The van der Waals surface area contributed by atoms with Crippen LogP contribution in [0, 0.1) is 0 Å². The predicted octanol–water partition coefficient (Wildman–Crippen LogP) is 2.52. The molecule has 22 heavy (non-hydrogen) atoms. The van der Waals surface area contributed by atoms with Crippen LogP contribution in [0.25, 0.3) is 0 Å². The highest BCUT2D eigenvalue weighted by Crippen LogP contribution is 2.15. The molecule has 1 saturated heterocycles. The molecular weight excluding hydrogens is 346 g/mol. The van der Waals surface area contributed by atoms with Crippen molar-refractivity contribution in [3.63, 3.8) is 0 Å². The minimum absolute atomic E-state index is 0.671. The van der Waals surface area contributed by atoms with Gasteiger partial charge in [-0.1, -0.05) is 28.1 Å².